The van der Waals surface area contributed by atoms with Gasteiger partial charge in [0.15, 0.2) is 0 Å². The average Bonchev–Trinajstić information content (AvgIpc) is 2.58. The first-order valence-electron chi connectivity index (χ1n) is 4.35. The summed E-state index contributed by atoms with van der Waals surface area (Å²) in [6.45, 7) is 3.03. The molecule has 2 rings (SSSR count). The molecule has 0 amide bonds. The van der Waals surface area contributed by atoms with Crippen LogP contribution < -0.4 is 0 Å². The highest BCUT2D eigenvalue weighted by atomic mass is 32.1. The molecule has 1 unspecified atom stereocenters. The topological polar surface area (TPSA) is 22.1 Å². The first-order chi connectivity index (χ1) is 5.81. The average molecular weight is 183 g/mol. The highest BCUT2D eigenvalue weighted by molar-refractivity contribution is 7.09. The van der Waals surface area contributed by atoms with E-state index in [1.165, 1.54) is 12.8 Å². The Bertz CT molecular complexity index is 239. The molecule has 0 aromatic carbocycles. The molecule has 2 heterocycles. The van der Waals surface area contributed by atoms with Crippen LogP contribution >= 0.6 is 11.3 Å². The zero-order valence-electron chi connectivity index (χ0n) is 7.25. The van der Waals surface area contributed by atoms with Crippen LogP contribution in [0, 0.1) is 0 Å². The Morgan fingerprint density at radius 3 is 3.08 bits per heavy atom. The smallest absolute Gasteiger partial charge is 0.124 e. The van der Waals surface area contributed by atoms with Gasteiger partial charge in [-0.05, 0) is 26.2 Å². The highest BCUT2D eigenvalue weighted by Crippen LogP contribution is 2.35. The summed E-state index contributed by atoms with van der Waals surface area (Å²) in [6, 6.07) is 0. The standard InChI is InChI=1S/C9H13NOS/c1-9(4-2-3-6-11-9)8-10-5-7-12-8/h5,7H,2-4,6H2,1H3. The summed E-state index contributed by atoms with van der Waals surface area (Å²) in [4.78, 5) is 4.31. The lowest BCUT2D eigenvalue weighted by molar-refractivity contribution is -0.0702. The number of thiazole rings is 1. The molecule has 1 fully saturated rings. The van der Waals surface area contributed by atoms with E-state index in [1.54, 1.807) is 11.3 Å². The SMILES string of the molecule is CC1(c2nccs2)CCCCO1. The summed E-state index contributed by atoms with van der Waals surface area (Å²) < 4.78 is 5.76. The molecule has 0 N–H and O–H groups in total. The summed E-state index contributed by atoms with van der Waals surface area (Å²) in [7, 11) is 0. The zero-order chi connectivity index (χ0) is 8.44. The fraction of sp³-hybridized carbons (Fsp3) is 0.667. The van der Waals surface area contributed by atoms with Crippen LogP contribution in [0.25, 0.3) is 0 Å². The van der Waals surface area contributed by atoms with Crippen LogP contribution in [0.15, 0.2) is 11.6 Å². The normalized spacial score (nSPS) is 30.4. The van der Waals surface area contributed by atoms with E-state index in [0.717, 1.165) is 18.0 Å². The molecule has 1 aliphatic heterocycles. The Labute approximate surface area is 76.6 Å². The Balaban J connectivity index is 2.19. The number of nitrogens with zero attached hydrogens (tertiary/aromatic N) is 1. The van der Waals surface area contributed by atoms with Gasteiger partial charge in [-0.15, -0.1) is 11.3 Å². The van der Waals surface area contributed by atoms with Gasteiger partial charge < -0.3 is 4.74 Å². The molecule has 1 aromatic heterocycles. The molecule has 3 heteroatoms. The van der Waals surface area contributed by atoms with E-state index < -0.39 is 0 Å². The van der Waals surface area contributed by atoms with Gasteiger partial charge in [-0.25, -0.2) is 4.98 Å². The van der Waals surface area contributed by atoms with Crippen molar-refractivity contribution in [1.82, 2.24) is 4.98 Å². The molecule has 1 saturated heterocycles. The lowest BCUT2D eigenvalue weighted by atomic mass is 9.97. The second kappa shape index (κ2) is 3.15. The summed E-state index contributed by atoms with van der Waals surface area (Å²) >= 11 is 1.69. The largest absolute Gasteiger partial charge is 0.368 e. The predicted molar refractivity (Wildman–Crippen MR) is 49.3 cm³/mol. The number of rotatable bonds is 1. The van der Waals surface area contributed by atoms with E-state index >= 15 is 0 Å². The molecule has 12 heavy (non-hydrogen) atoms. The van der Waals surface area contributed by atoms with E-state index in [9.17, 15) is 0 Å². The molecule has 0 bridgehead atoms. The van der Waals surface area contributed by atoms with Crippen LogP contribution in [-0.4, -0.2) is 11.6 Å². The molecule has 1 aliphatic rings. The highest BCUT2D eigenvalue weighted by Gasteiger charge is 2.31. The summed E-state index contributed by atoms with van der Waals surface area (Å²) in [5.74, 6) is 0. The van der Waals surface area contributed by atoms with Gasteiger partial charge in [-0.3, -0.25) is 0 Å². The van der Waals surface area contributed by atoms with Crippen molar-refractivity contribution in [1.29, 1.82) is 0 Å². The fourth-order valence-corrected chi connectivity index (χ4v) is 2.37. The minimum Gasteiger partial charge on any atom is -0.368 e. The van der Waals surface area contributed by atoms with Crippen molar-refractivity contribution in [2.75, 3.05) is 6.61 Å². The van der Waals surface area contributed by atoms with Crippen LogP contribution in [0.2, 0.25) is 0 Å². The van der Waals surface area contributed by atoms with Gasteiger partial charge in [0.2, 0.25) is 0 Å². The first-order valence-corrected chi connectivity index (χ1v) is 5.23. The van der Waals surface area contributed by atoms with Gasteiger partial charge in [0.25, 0.3) is 0 Å². The van der Waals surface area contributed by atoms with Crippen molar-refractivity contribution in [2.24, 2.45) is 0 Å². The van der Waals surface area contributed by atoms with Crippen molar-refractivity contribution in [3.8, 4) is 0 Å². The molecule has 2 nitrogen and oxygen atoms in total. The summed E-state index contributed by atoms with van der Waals surface area (Å²) in [5.41, 5.74) is -0.0909. The lowest BCUT2D eigenvalue weighted by Crippen LogP contribution is -2.29. The number of hydrogen-bond donors (Lipinski definition) is 0. The van der Waals surface area contributed by atoms with Crippen LogP contribution in [0.1, 0.15) is 31.2 Å². The lowest BCUT2D eigenvalue weighted by Gasteiger charge is -2.31. The molecule has 0 spiro atoms. The van der Waals surface area contributed by atoms with Gasteiger partial charge in [0.05, 0.1) is 0 Å². The monoisotopic (exact) mass is 183 g/mol. The third kappa shape index (κ3) is 1.39. The van der Waals surface area contributed by atoms with Gasteiger partial charge in [0, 0.05) is 18.2 Å². The molecular formula is C9H13NOS. The quantitative estimate of drug-likeness (QED) is 0.667. The number of aromatic nitrogens is 1. The van der Waals surface area contributed by atoms with Gasteiger partial charge >= 0.3 is 0 Å². The Morgan fingerprint density at radius 2 is 2.50 bits per heavy atom. The molecule has 1 atom stereocenters. The van der Waals surface area contributed by atoms with Crippen molar-refractivity contribution in [3.63, 3.8) is 0 Å². The van der Waals surface area contributed by atoms with Gasteiger partial charge in [0.1, 0.15) is 10.6 Å². The van der Waals surface area contributed by atoms with Crippen LogP contribution in [0.5, 0.6) is 0 Å². The second-order valence-corrected chi connectivity index (χ2v) is 4.27. The maximum Gasteiger partial charge on any atom is 0.124 e. The van der Waals surface area contributed by atoms with E-state index in [-0.39, 0.29) is 5.60 Å². The third-order valence-electron chi connectivity index (χ3n) is 2.35. The van der Waals surface area contributed by atoms with Gasteiger partial charge in [-0.1, -0.05) is 0 Å². The minimum absolute atomic E-state index is 0.0909. The fourth-order valence-electron chi connectivity index (χ4n) is 1.59. The van der Waals surface area contributed by atoms with E-state index in [4.69, 9.17) is 4.74 Å². The van der Waals surface area contributed by atoms with Gasteiger partial charge in [-0.2, -0.15) is 0 Å². The van der Waals surface area contributed by atoms with E-state index in [1.807, 2.05) is 11.6 Å². The second-order valence-electron chi connectivity index (χ2n) is 3.37. The Hall–Kier alpha value is -0.410. The Morgan fingerprint density at radius 1 is 1.58 bits per heavy atom. The maximum atomic E-state index is 5.76. The maximum absolute atomic E-state index is 5.76. The van der Waals surface area contributed by atoms with E-state index in [2.05, 4.69) is 11.9 Å². The van der Waals surface area contributed by atoms with Crippen molar-refractivity contribution in [3.05, 3.63) is 16.6 Å². The third-order valence-corrected chi connectivity index (χ3v) is 3.37. The number of hydrogen-bond acceptors (Lipinski definition) is 3. The molecule has 0 saturated carbocycles. The molecule has 0 radical (unpaired) electrons. The number of ether oxygens (including phenoxy) is 1. The van der Waals surface area contributed by atoms with Crippen LogP contribution in [0.3, 0.4) is 0 Å². The predicted octanol–water partition coefficient (Wildman–Crippen LogP) is 2.56. The molecule has 66 valence electrons. The molecule has 0 aliphatic carbocycles. The van der Waals surface area contributed by atoms with Crippen molar-refractivity contribution < 1.29 is 4.74 Å². The van der Waals surface area contributed by atoms with Crippen molar-refractivity contribution >= 4 is 11.3 Å². The van der Waals surface area contributed by atoms with E-state index in [0.29, 0.717) is 0 Å². The zero-order valence-corrected chi connectivity index (χ0v) is 8.06. The Kier molecular flexibility index (Phi) is 2.15. The summed E-state index contributed by atoms with van der Waals surface area (Å²) in [5, 5.41) is 3.14. The summed E-state index contributed by atoms with van der Waals surface area (Å²) in [6.07, 6.45) is 5.42. The molecular weight excluding hydrogens is 170 g/mol. The first kappa shape index (κ1) is 8.20. The van der Waals surface area contributed by atoms with Crippen LogP contribution in [0.4, 0.5) is 0 Å². The van der Waals surface area contributed by atoms with Crippen LogP contribution in [-0.2, 0) is 10.3 Å². The minimum atomic E-state index is -0.0909. The molecule has 1 aromatic rings. The van der Waals surface area contributed by atoms with Crippen molar-refractivity contribution in [2.45, 2.75) is 31.8 Å².